The summed E-state index contributed by atoms with van der Waals surface area (Å²) in [6.07, 6.45) is 2.49. The Morgan fingerprint density at radius 3 is 2.76 bits per heavy atom. The van der Waals surface area contributed by atoms with Crippen LogP contribution < -0.4 is 5.32 Å². The van der Waals surface area contributed by atoms with Crippen molar-refractivity contribution in [3.63, 3.8) is 0 Å². The first-order valence-corrected chi connectivity index (χ1v) is 7.52. The van der Waals surface area contributed by atoms with Crippen molar-refractivity contribution in [1.29, 1.82) is 0 Å². The van der Waals surface area contributed by atoms with Crippen molar-refractivity contribution in [2.75, 3.05) is 6.54 Å². The Morgan fingerprint density at radius 2 is 1.95 bits per heavy atom. The Bertz CT molecular complexity index is 765. The molecule has 1 N–H and O–H groups in total. The highest BCUT2D eigenvalue weighted by molar-refractivity contribution is 9.10. The zero-order valence-corrected chi connectivity index (χ0v) is 12.9. The first-order chi connectivity index (χ1) is 10.2. The number of halogens is 1. The molecule has 0 spiro atoms. The molecule has 0 saturated carbocycles. The van der Waals surface area contributed by atoms with Gasteiger partial charge in [-0.25, -0.2) is 0 Å². The molecule has 0 radical (unpaired) electrons. The highest BCUT2D eigenvalue weighted by Crippen LogP contribution is 2.25. The van der Waals surface area contributed by atoms with Crippen LogP contribution in [0.2, 0.25) is 0 Å². The summed E-state index contributed by atoms with van der Waals surface area (Å²) in [6, 6.07) is 15.1. The number of hydrogen-bond acceptors (Lipinski definition) is 2. The maximum Gasteiger partial charge on any atom is 0.251 e. The van der Waals surface area contributed by atoms with Gasteiger partial charge in [-0.1, -0.05) is 34.1 Å². The second kappa shape index (κ2) is 6.14. The maximum atomic E-state index is 11.9. The zero-order chi connectivity index (χ0) is 14.7. The molecule has 0 fully saturated rings. The van der Waals surface area contributed by atoms with Gasteiger partial charge in [-0.3, -0.25) is 4.79 Å². The predicted molar refractivity (Wildman–Crippen MR) is 86.4 cm³/mol. The number of carbonyl (C=O) groups is 1. The number of carbonyl (C=O) groups excluding carboxylic acids is 1. The van der Waals surface area contributed by atoms with Gasteiger partial charge < -0.3 is 9.73 Å². The average molecular weight is 344 g/mol. The van der Waals surface area contributed by atoms with E-state index in [0.717, 1.165) is 27.4 Å². The third kappa shape index (κ3) is 3.16. The molecule has 4 heteroatoms. The maximum absolute atomic E-state index is 11.9. The molecule has 1 heterocycles. The fraction of sp³-hybridized carbons (Fsp3) is 0.118. The van der Waals surface area contributed by atoms with Gasteiger partial charge in [0.2, 0.25) is 0 Å². The summed E-state index contributed by atoms with van der Waals surface area (Å²) >= 11 is 3.46. The minimum absolute atomic E-state index is 0.0513. The molecular formula is C17H14BrNO2. The topological polar surface area (TPSA) is 42.2 Å². The molecule has 3 aromatic rings. The number of hydrogen-bond donors (Lipinski definition) is 1. The molecule has 0 aliphatic carbocycles. The monoisotopic (exact) mass is 343 g/mol. The van der Waals surface area contributed by atoms with Crippen LogP contribution in [0.4, 0.5) is 0 Å². The van der Waals surface area contributed by atoms with Crippen LogP contribution in [0, 0.1) is 0 Å². The van der Waals surface area contributed by atoms with Gasteiger partial charge in [0.15, 0.2) is 0 Å². The van der Waals surface area contributed by atoms with E-state index in [4.69, 9.17) is 4.42 Å². The fourth-order valence-electron chi connectivity index (χ4n) is 2.25. The Morgan fingerprint density at radius 1 is 1.14 bits per heavy atom. The lowest BCUT2D eigenvalue weighted by atomic mass is 10.1. The van der Waals surface area contributed by atoms with Crippen molar-refractivity contribution < 1.29 is 9.21 Å². The standard InChI is InChI=1S/C17H14BrNO2/c18-14-6-7-16-15(10-14)13(11-21-16)8-9-19-17(20)12-4-2-1-3-5-12/h1-7,10-11H,8-9H2,(H,19,20). The Kier molecular flexibility index (Phi) is 4.06. The van der Waals surface area contributed by atoms with E-state index < -0.39 is 0 Å². The van der Waals surface area contributed by atoms with Crippen LogP contribution in [-0.4, -0.2) is 12.5 Å². The number of amides is 1. The molecule has 1 aromatic heterocycles. The molecule has 0 aliphatic rings. The smallest absolute Gasteiger partial charge is 0.251 e. The third-order valence-electron chi connectivity index (χ3n) is 3.33. The van der Waals surface area contributed by atoms with Gasteiger partial charge in [0.05, 0.1) is 6.26 Å². The molecule has 3 rings (SSSR count). The highest BCUT2D eigenvalue weighted by atomic mass is 79.9. The second-order valence-corrected chi connectivity index (χ2v) is 5.69. The SMILES string of the molecule is O=C(NCCc1coc2ccc(Br)cc12)c1ccccc1. The van der Waals surface area contributed by atoms with E-state index in [2.05, 4.69) is 21.2 Å². The van der Waals surface area contributed by atoms with Crippen molar-refractivity contribution in [1.82, 2.24) is 5.32 Å². The molecule has 2 aromatic carbocycles. The van der Waals surface area contributed by atoms with E-state index in [1.807, 2.05) is 36.4 Å². The van der Waals surface area contributed by atoms with Crippen LogP contribution in [0.15, 0.2) is 63.7 Å². The third-order valence-corrected chi connectivity index (χ3v) is 3.82. The molecule has 1 amide bonds. The van der Waals surface area contributed by atoms with E-state index in [1.54, 1.807) is 18.4 Å². The van der Waals surface area contributed by atoms with Gasteiger partial charge in [-0.2, -0.15) is 0 Å². The van der Waals surface area contributed by atoms with Crippen LogP contribution in [-0.2, 0) is 6.42 Å². The lowest BCUT2D eigenvalue weighted by Crippen LogP contribution is -2.25. The molecule has 0 saturated heterocycles. The quantitative estimate of drug-likeness (QED) is 0.772. The lowest BCUT2D eigenvalue weighted by Gasteiger charge is -2.04. The number of furan rings is 1. The summed E-state index contributed by atoms with van der Waals surface area (Å²) in [5.41, 5.74) is 2.64. The van der Waals surface area contributed by atoms with Gasteiger partial charge in [0, 0.05) is 22.0 Å². The average Bonchev–Trinajstić information content (AvgIpc) is 2.90. The van der Waals surface area contributed by atoms with Gasteiger partial charge in [-0.15, -0.1) is 0 Å². The van der Waals surface area contributed by atoms with Crippen LogP contribution >= 0.6 is 15.9 Å². The van der Waals surface area contributed by atoms with E-state index in [1.165, 1.54) is 0 Å². The van der Waals surface area contributed by atoms with Gasteiger partial charge in [0.25, 0.3) is 5.91 Å². The minimum atomic E-state index is -0.0513. The van der Waals surface area contributed by atoms with E-state index >= 15 is 0 Å². The van der Waals surface area contributed by atoms with Crippen LogP contribution in [0.3, 0.4) is 0 Å². The largest absolute Gasteiger partial charge is 0.464 e. The van der Waals surface area contributed by atoms with Gasteiger partial charge in [0.1, 0.15) is 5.58 Å². The van der Waals surface area contributed by atoms with E-state index in [9.17, 15) is 4.79 Å². The van der Waals surface area contributed by atoms with Crippen molar-refractivity contribution in [2.45, 2.75) is 6.42 Å². The number of fused-ring (bicyclic) bond motifs is 1. The zero-order valence-electron chi connectivity index (χ0n) is 11.3. The summed E-state index contributed by atoms with van der Waals surface area (Å²) in [5.74, 6) is -0.0513. The molecule has 106 valence electrons. The van der Waals surface area contributed by atoms with Gasteiger partial charge >= 0.3 is 0 Å². The molecule has 0 aliphatic heterocycles. The van der Waals surface area contributed by atoms with Crippen LogP contribution in [0.25, 0.3) is 11.0 Å². The molecular weight excluding hydrogens is 330 g/mol. The summed E-state index contributed by atoms with van der Waals surface area (Å²) < 4.78 is 6.53. The first kappa shape index (κ1) is 13.9. The lowest BCUT2D eigenvalue weighted by molar-refractivity contribution is 0.0954. The van der Waals surface area contributed by atoms with Crippen molar-refractivity contribution >= 4 is 32.8 Å². The highest BCUT2D eigenvalue weighted by Gasteiger charge is 2.08. The second-order valence-electron chi connectivity index (χ2n) is 4.77. The van der Waals surface area contributed by atoms with Crippen molar-refractivity contribution in [3.8, 4) is 0 Å². The minimum Gasteiger partial charge on any atom is -0.464 e. The molecule has 21 heavy (non-hydrogen) atoms. The fourth-order valence-corrected chi connectivity index (χ4v) is 2.61. The number of rotatable bonds is 4. The van der Waals surface area contributed by atoms with E-state index in [-0.39, 0.29) is 5.91 Å². The molecule has 0 atom stereocenters. The Balaban J connectivity index is 1.65. The Labute approximate surface area is 131 Å². The molecule has 0 bridgehead atoms. The van der Waals surface area contributed by atoms with Crippen molar-refractivity contribution in [3.05, 3.63) is 70.4 Å². The number of benzene rings is 2. The summed E-state index contributed by atoms with van der Waals surface area (Å²) in [5, 5.41) is 4.01. The number of nitrogens with one attached hydrogen (secondary N) is 1. The predicted octanol–water partition coefficient (Wildman–Crippen LogP) is 4.17. The summed E-state index contributed by atoms with van der Waals surface area (Å²) in [6.45, 7) is 0.578. The van der Waals surface area contributed by atoms with E-state index in [0.29, 0.717) is 12.1 Å². The molecule has 3 nitrogen and oxygen atoms in total. The Hall–Kier alpha value is -2.07. The van der Waals surface area contributed by atoms with Crippen molar-refractivity contribution in [2.24, 2.45) is 0 Å². The first-order valence-electron chi connectivity index (χ1n) is 6.73. The van der Waals surface area contributed by atoms with Crippen LogP contribution in [0.1, 0.15) is 15.9 Å². The summed E-state index contributed by atoms with van der Waals surface area (Å²) in [7, 11) is 0. The summed E-state index contributed by atoms with van der Waals surface area (Å²) in [4.78, 5) is 11.9. The van der Waals surface area contributed by atoms with Crippen LogP contribution in [0.5, 0.6) is 0 Å². The van der Waals surface area contributed by atoms with Gasteiger partial charge in [-0.05, 0) is 42.3 Å². The molecule has 0 unspecified atom stereocenters. The normalized spacial score (nSPS) is 10.7.